The summed E-state index contributed by atoms with van der Waals surface area (Å²) >= 11 is 0. The summed E-state index contributed by atoms with van der Waals surface area (Å²) in [5, 5.41) is 0.494. The average Bonchev–Trinajstić information content (AvgIpc) is 2.59. The number of fused-ring (bicyclic) bond motifs is 1. The van der Waals surface area contributed by atoms with Gasteiger partial charge >= 0.3 is 0 Å². The van der Waals surface area contributed by atoms with Crippen molar-refractivity contribution in [3.05, 3.63) is 30.0 Å². The van der Waals surface area contributed by atoms with E-state index in [0.29, 0.717) is 22.8 Å². The number of methoxy groups -OCH3 is 1. The largest absolute Gasteiger partial charge is 0.496 e. The predicted octanol–water partition coefficient (Wildman–Crippen LogP) is 1.99. The van der Waals surface area contributed by atoms with Crippen molar-refractivity contribution >= 4 is 17.2 Å². The lowest BCUT2D eigenvalue weighted by Gasteiger charge is -2.00. The third-order valence-electron chi connectivity index (χ3n) is 1.94. The highest BCUT2D eigenvalue weighted by molar-refractivity contribution is 6.00. The molecule has 13 heavy (non-hydrogen) atoms. The van der Waals surface area contributed by atoms with E-state index in [1.807, 2.05) is 0 Å². The van der Waals surface area contributed by atoms with E-state index in [9.17, 15) is 4.79 Å². The number of hydrogen-bond acceptors (Lipinski definition) is 2. The van der Waals surface area contributed by atoms with Crippen LogP contribution in [0.3, 0.4) is 0 Å². The minimum Gasteiger partial charge on any atom is -0.496 e. The van der Waals surface area contributed by atoms with Gasteiger partial charge in [0.05, 0.1) is 16.5 Å². The molecule has 3 heteroatoms. The number of nitrogens with one attached hydrogen (secondary N) is 1. The van der Waals surface area contributed by atoms with Crippen LogP contribution in [0.4, 0.5) is 0 Å². The van der Waals surface area contributed by atoms with Crippen LogP contribution in [-0.4, -0.2) is 18.3 Å². The summed E-state index contributed by atoms with van der Waals surface area (Å²) in [6.45, 7) is 0. The standard InChI is InChI=1S/C10H9NO2/c1-13-9-4-2-3-8-10(9)7(6-12)5-11-8/h2-6,11H,1H3/i1D3. The van der Waals surface area contributed by atoms with Crippen molar-refractivity contribution in [2.24, 2.45) is 0 Å². The van der Waals surface area contributed by atoms with Gasteiger partial charge in [-0.05, 0) is 12.1 Å². The first-order valence-electron chi connectivity index (χ1n) is 5.25. The second-order valence-electron chi connectivity index (χ2n) is 2.64. The van der Waals surface area contributed by atoms with E-state index in [-0.39, 0.29) is 5.75 Å². The van der Waals surface area contributed by atoms with Crippen LogP contribution in [-0.2, 0) is 0 Å². The third-order valence-corrected chi connectivity index (χ3v) is 1.94. The maximum Gasteiger partial charge on any atom is 0.152 e. The number of rotatable bonds is 2. The molecule has 0 unspecified atom stereocenters. The lowest BCUT2D eigenvalue weighted by atomic mass is 10.2. The van der Waals surface area contributed by atoms with E-state index in [2.05, 4.69) is 4.98 Å². The van der Waals surface area contributed by atoms with Gasteiger partial charge in [-0.2, -0.15) is 0 Å². The molecule has 0 bridgehead atoms. The number of carbonyl (C=O) groups excluding carboxylic acids is 1. The molecular weight excluding hydrogens is 166 g/mol. The van der Waals surface area contributed by atoms with Gasteiger partial charge in [-0.3, -0.25) is 4.79 Å². The molecule has 0 radical (unpaired) electrons. The summed E-state index contributed by atoms with van der Waals surface area (Å²) in [7, 11) is -2.52. The summed E-state index contributed by atoms with van der Waals surface area (Å²) < 4.78 is 26.0. The SMILES string of the molecule is [2H]C([2H])([2H])Oc1cccc2[nH]cc(C=O)c12. The topological polar surface area (TPSA) is 42.1 Å². The van der Waals surface area contributed by atoms with Crippen molar-refractivity contribution in [2.75, 3.05) is 7.04 Å². The number of benzene rings is 1. The molecule has 0 atom stereocenters. The maximum absolute atomic E-state index is 10.8. The first-order chi connectivity index (χ1) is 7.51. The molecule has 0 aliphatic carbocycles. The van der Waals surface area contributed by atoms with Gasteiger partial charge in [0.15, 0.2) is 6.29 Å². The monoisotopic (exact) mass is 178 g/mol. The highest BCUT2D eigenvalue weighted by Gasteiger charge is 2.06. The fourth-order valence-corrected chi connectivity index (χ4v) is 1.35. The van der Waals surface area contributed by atoms with Gasteiger partial charge < -0.3 is 9.72 Å². The molecule has 0 amide bonds. The molecular formula is C10H9NO2. The van der Waals surface area contributed by atoms with Crippen molar-refractivity contribution in [1.29, 1.82) is 0 Å². The smallest absolute Gasteiger partial charge is 0.152 e. The van der Waals surface area contributed by atoms with E-state index in [1.54, 1.807) is 12.1 Å². The molecule has 1 aromatic carbocycles. The fourth-order valence-electron chi connectivity index (χ4n) is 1.35. The lowest BCUT2D eigenvalue weighted by Crippen LogP contribution is -1.84. The Morgan fingerprint density at radius 3 is 3.31 bits per heavy atom. The van der Waals surface area contributed by atoms with Gasteiger partial charge in [0.1, 0.15) is 5.75 Å². The highest BCUT2D eigenvalue weighted by atomic mass is 16.5. The van der Waals surface area contributed by atoms with Crippen LogP contribution < -0.4 is 4.74 Å². The van der Waals surface area contributed by atoms with Crippen LogP contribution in [0, 0.1) is 0 Å². The van der Waals surface area contributed by atoms with Gasteiger partial charge in [-0.25, -0.2) is 0 Å². The number of aldehydes is 1. The third kappa shape index (κ3) is 1.09. The van der Waals surface area contributed by atoms with E-state index in [4.69, 9.17) is 8.85 Å². The molecule has 1 aromatic heterocycles. The minimum absolute atomic E-state index is 0.181. The molecule has 2 rings (SSSR count). The lowest BCUT2D eigenvalue weighted by molar-refractivity contribution is 0.112. The van der Waals surface area contributed by atoms with Crippen LogP contribution in [0.2, 0.25) is 0 Å². The molecule has 0 saturated heterocycles. The first-order valence-corrected chi connectivity index (χ1v) is 3.75. The van der Waals surface area contributed by atoms with E-state index in [0.717, 1.165) is 0 Å². The summed E-state index contributed by atoms with van der Waals surface area (Å²) in [4.78, 5) is 13.7. The Morgan fingerprint density at radius 2 is 2.54 bits per heavy atom. The molecule has 0 aliphatic heterocycles. The summed E-state index contributed by atoms with van der Waals surface area (Å²) in [6, 6.07) is 4.93. The molecule has 0 fully saturated rings. The first kappa shape index (κ1) is 5.07. The fraction of sp³-hybridized carbons (Fsp3) is 0.100. The minimum atomic E-state index is -2.52. The Bertz CT molecular complexity index is 530. The van der Waals surface area contributed by atoms with Gasteiger partial charge in [0, 0.05) is 17.3 Å². The number of hydrogen-bond donors (Lipinski definition) is 1. The van der Waals surface area contributed by atoms with Crippen LogP contribution in [0.25, 0.3) is 10.9 Å². The number of H-pyrrole nitrogens is 1. The zero-order valence-electron chi connectivity index (χ0n) is 9.70. The van der Waals surface area contributed by atoms with Crippen LogP contribution in [0.15, 0.2) is 24.4 Å². The quantitative estimate of drug-likeness (QED) is 0.714. The second kappa shape index (κ2) is 2.94. The van der Waals surface area contributed by atoms with Crippen molar-refractivity contribution in [3.63, 3.8) is 0 Å². The molecule has 1 N–H and O–H groups in total. The van der Waals surface area contributed by atoms with E-state index >= 15 is 0 Å². The van der Waals surface area contributed by atoms with Crippen molar-refractivity contribution in [3.8, 4) is 5.75 Å². The van der Waals surface area contributed by atoms with Crippen LogP contribution in [0.1, 0.15) is 14.5 Å². The Labute approximate surface area is 79.5 Å². The van der Waals surface area contributed by atoms with Gasteiger partial charge in [-0.1, -0.05) is 6.07 Å². The average molecular weight is 178 g/mol. The maximum atomic E-state index is 10.8. The van der Waals surface area contributed by atoms with Gasteiger partial charge in [0.25, 0.3) is 0 Å². The van der Waals surface area contributed by atoms with Gasteiger partial charge in [0.2, 0.25) is 0 Å². The number of ether oxygens (including phenoxy) is 1. The summed E-state index contributed by atoms with van der Waals surface area (Å²) in [6.07, 6.45) is 2.18. The van der Waals surface area contributed by atoms with Crippen molar-refractivity contribution in [2.45, 2.75) is 0 Å². The molecule has 66 valence electrons. The Balaban J connectivity index is 2.59. The molecule has 3 nitrogen and oxygen atoms in total. The number of aromatic nitrogens is 1. The normalized spacial score (nSPS) is 14.6. The van der Waals surface area contributed by atoms with Crippen LogP contribution >= 0.6 is 0 Å². The zero-order chi connectivity index (χ0) is 11.8. The Kier molecular flexibility index (Phi) is 1.14. The Morgan fingerprint density at radius 1 is 1.62 bits per heavy atom. The van der Waals surface area contributed by atoms with Crippen molar-refractivity contribution in [1.82, 2.24) is 4.98 Å². The molecule has 0 aliphatic rings. The molecule has 0 saturated carbocycles. The summed E-state index contributed by atoms with van der Waals surface area (Å²) in [5.41, 5.74) is 1.05. The van der Waals surface area contributed by atoms with E-state index < -0.39 is 7.04 Å². The second-order valence-corrected chi connectivity index (χ2v) is 2.64. The number of carbonyl (C=O) groups is 1. The highest BCUT2D eigenvalue weighted by Crippen LogP contribution is 2.27. The Hall–Kier alpha value is -1.77. The van der Waals surface area contributed by atoms with Gasteiger partial charge in [-0.15, -0.1) is 0 Å². The predicted molar refractivity (Wildman–Crippen MR) is 50.2 cm³/mol. The molecule has 0 spiro atoms. The molecule has 1 heterocycles. The summed E-state index contributed by atoms with van der Waals surface area (Å²) in [5.74, 6) is 0.181. The van der Waals surface area contributed by atoms with Crippen LogP contribution in [0.5, 0.6) is 5.75 Å². The number of aromatic amines is 1. The molecule has 2 aromatic rings. The van der Waals surface area contributed by atoms with E-state index in [1.165, 1.54) is 12.3 Å². The zero-order valence-corrected chi connectivity index (χ0v) is 6.70. The van der Waals surface area contributed by atoms with Crippen molar-refractivity contribution < 1.29 is 13.6 Å².